The average Bonchev–Trinajstić information content (AvgIpc) is 3.30. The summed E-state index contributed by atoms with van der Waals surface area (Å²) in [7, 11) is 0. The Kier molecular flexibility index (Phi) is 6.86. The molecule has 1 aliphatic carbocycles. The van der Waals surface area contributed by atoms with Gasteiger partial charge in [-0.05, 0) is 55.5 Å². The van der Waals surface area contributed by atoms with E-state index in [-0.39, 0.29) is 11.1 Å². The first kappa shape index (κ1) is 23.5. The van der Waals surface area contributed by atoms with Crippen LogP contribution in [-0.2, 0) is 6.54 Å². The highest BCUT2D eigenvalue weighted by molar-refractivity contribution is 6.31. The van der Waals surface area contributed by atoms with Gasteiger partial charge in [0, 0.05) is 18.6 Å². The minimum atomic E-state index is -0.412. The number of benzene rings is 2. The molecule has 0 radical (unpaired) electrons. The minimum Gasteiger partial charge on any atom is -0.364 e. The van der Waals surface area contributed by atoms with E-state index in [0.717, 1.165) is 46.5 Å². The van der Waals surface area contributed by atoms with Gasteiger partial charge in [-0.2, -0.15) is 9.97 Å². The summed E-state index contributed by atoms with van der Waals surface area (Å²) >= 11 is 5.95. The Labute approximate surface area is 210 Å². The zero-order valence-corrected chi connectivity index (χ0v) is 20.8. The molecule has 5 rings (SSSR count). The molecule has 0 spiro atoms. The second-order valence-electron chi connectivity index (χ2n) is 9.47. The summed E-state index contributed by atoms with van der Waals surface area (Å²) in [5, 5.41) is 7.16. The fraction of sp³-hybridized carbons (Fsp3) is 0.370. The van der Waals surface area contributed by atoms with Gasteiger partial charge in [0.25, 0.3) is 0 Å². The molecule has 0 aliphatic heterocycles. The van der Waals surface area contributed by atoms with E-state index in [1.165, 1.54) is 25.3 Å². The molecular formula is C27H30ClFN6. The van der Waals surface area contributed by atoms with Gasteiger partial charge in [-0.25, -0.2) is 9.37 Å². The van der Waals surface area contributed by atoms with E-state index in [2.05, 4.69) is 34.0 Å². The van der Waals surface area contributed by atoms with E-state index >= 15 is 0 Å². The highest BCUT2D eigenvalue weighted by atomic mass is 35.5. The van der Waals surface area contributed by atoms with E-state index in [0.29, 0.717) is 18.5 Å². The summed E-state index contributed by atoms with van der Waals surface area (Å²) in [4.78, 5) is 14.2. The van der Waals surface area contributed by atoms with Gasteiger partial charge in [0.1, 0.15) is 5.82 Å². The summed E-state index contributed by atoms with van der Waals surface area (Å²) < 4.78 is 15.6. The Balaban J connectivity index is 1.37. The predicted octanol–water partition coefficient (Wildman–Crippen LogP) is 7.22. The number of hydrogen-bond acceptors (Lipinski definition) is 5. The summed E-state index contributed by atoms with van der Waals surface area (Å²) in [5.74, 6) is 0.963. The zero-order chi connectivity index (χ0) is 24.4. The average molecular weight is 493 g/mol. The number of hydrogen-bond donors (Lipinski definition) is 2. The lowest BCUT2D eigenvalue weighted by molar-refractivity contribution is 0.461. The maximum atomic E-state index is 13.5. The maximum Gasteiger partial charge on any atom is 0.227 e. The molecule has 2 N–H and O–H groups in total. The van der Waals surface area contributed by atoms with Gasteiger partial charge in [-0.1, -0.05) is 61.2 Å². The van der Waals surface area contributed by atoms with Crippen molar-refractivity contribution in [3.05, 3.63) is 65.2 Å². The quantitative estimate of drug-likeness (QED) is 0.285. The van der Waals surface area contributed by atoms with Gasteiger partial charge in [0.2, 0.25) is 5.95 Å². The van der Waals surface area contributed by atoms with E-state index < -0.39 is 5.82 Å². The third-order valence-electron chi connectivity index (χ3n) is 6.58. The monoisotopic (exact) mass is 492 g/mol. The minimum absolute atomic E-state index is 0.125. The van der Waals surface area contributed by atoms with Crippen LogP contribution in [0.15, 0.2) is 48.8 Å². The van der Waals surface area contributed by atoms with Crippen LogP contribution < -0.4 is 10.6 Å². The third kappa shape index (κ3) is 5.25. The maximum absolute atomic E-state index is 13.5. The lowest BCUT2D eigenvalue weighted by Crippen LogP contribution is -2.24. The molecule has 1 fully saturated rings. The molecule has 0 atom stereocenters. The van der Waals surface area contributed by atoms with Gasteiger partial charge >= 0.3 is 0 Å². The molecule has 2 aromatic carbocycles. The lowest BCUT2D eigenvalue weighted by atomic mass is 9.96. The number of nitrogens with zero attached hydrogens (tertiary/aromatic N) is 4. The number of rotatable bonds is 7. The molecule has 1 aliphatic rings. The molecular weight excluding hydrogens is 463 g/mol. The number of fused-ring (bicyclic) bond motifs is 1. The SMILES string of the molecule is CC(C)n1cnc2c(NCc3ccc(-c4ccc(F)c(Cl)c4)cc3)nc(NC3CCCCC3)nc21. The topological polar surface area (TPSA) is 67.7 Å². The van der Waals surface area contributed by atoms with E-state index in [1.54, 1.807) is 12.1 Å². The van der Waals surface area contributed by atoms with Crippen LogP contribution >= 0.6 is 11.6 Å². The Bertz CT molecular complexity index is 1310. The van der Waals surface area contributed by atoms with Gasteiger partial charge in [0.05, 0.1) is 11.3 Å². The van der Waals surface area contributed by atoms with E-state index in [1.807, 2.05) is 30.6 Å². The van der Waals surface area contributed by atoms with Gasteiger partial charge in [-0.15, -0.1) is 0 Å². The van der Waals surface area contributed by atoms with Crippen molar-refractivity contribution in [3.8, 4) is 11.1 Å². The Morgan fingerprint density at radius 3 is 2.49 bits per heavy atom. The molecule has 0 amide bonds. The zero-order valence-electron chi connectivity index (χ0n) is 20.1. The predicted molar refractivity (Wildman–Crippen MR) is 140 cm³/mol. The summed E-state index contributed by atoms with van der Waals surface area (Å²) in [6, 6.07) is 13.6. The number of halogens is 2. The van der Waals surface area contributed by atoms with Gasteiger partial charge in [-0.3, -0.25) is 0 Å². The first-order valence-electron chi connectivity index (χ1n) is 12.3. The van der Waals surface area contributed by atoms with Crippen molar-refractivity contribution < 1.29 is 4.39 Å². The molecule has 2 aromatic heterocycles. The smallest absolute Gasteiger partial charge is 0.227 e. The van der Waals surface area contributed by atoms with E-state index in [4.69, 9.17) is 21.6 Å². The Hall–Kier alpha value is -3.19. The Morgan fingerprint density at radius 2 is 1.77 bits per heavy atom. The van der Waals surface area contributed by atoms with Crippen molar-refractivity contribution in [2.24, 2.45) is 0 Å². The third-order valence-corrected chi connectivity index (χ3v) is 6.87. The second kappa shape index (κ2) is 10.2. The van der Waals surface area contributed by atoms with Gasteiger partial charge < -0.3 is 15.2 Å². The van der Waals surface area contributed by atoms with Crippen LogP contribution in [0.3, 0.4) is 0 Å². The molecule has 8 heteroatoms. The molecule has 0 saturated heterocycles. The molecule has 0 bridgehead atoms. The molecule has 35 heavy (non-hydrogen) atoms. The second-order valence-corrected chi connectivity index (χ2v) is 9.88. The normalized spacial score (nSPS) is 14.5. The molecule has 4 aromatic rings. The van der Waals surface area contributed by atoms with Crippen LogP contribution in [0.5, 0.6) is 0 Å². The van der Waals surface area contributed by atoms with Crippen molar-refractivity contribution >= 4 is 34.5 Å². The van der Waals surface area contributed by atoms with Crippen LogP contribution in [0.2, 0.25) is 5.02 Å². The number of anilines is 2. The summed E-state index contributed by atoms with van der Waals surface area (Å²) in [6.45, 7) is 4.84. The highest BCUT2D eigenvalue weighted by Gasteiger charge is 2.18. The fourth-order valence-electron chi connectivity index (χ4n) is 4.59. The number of aromatic nitrogens is 4. The molecule has 6 nitrogen and oxygen atoms in total. The molecule has 0 unspecified atom stereocenters. The van der Waals surface area contributed by atoms with Crippen LogP contribution in [0.1, 0.15) is 57.6 Å². The number of nitrogens with one attached hydrogen (secondary N) is 2. The van der Waals surface area contributed by atoms with Crippen LogP contribution in [-0.4, -0.2) is 25.6 Å². The van der Waals surface area contributed by atoms with Crippen molar-refractivity contribution in [1.82, 2.24) is 19.5 Å². The van der Waals surface area contributed by atoms with Crippen LogP contribution in [0.25, 0.3) is 22.3 Å². The van der Waals surface area contributed by atoms with E-state index in [9.17, 15) is 4.39 Å². The molecule has 1 saturated carbocycles. The lowest BCUT2D eigenvalue weighted by Gasteiger charge is -2.23. The van der Waals surface area contributed by atoms with Crippen molar-refractivity contribution in [2.45, 2.75) is 64.6 Å². The largest absolute Gasteiger partial charge is 0.364 e. The van der Waals surface area contributed by atoms with Crippen LogP contribution in [0, 0.1) is 5.82 Å². The molecule has 182 valence electrons. The van der Waals surface area contributed by atoms with Crippen molar-refractivity contribution in [3.63, 3.8) is 0 Å². The van der Waals surface area contributed by atoms with Crippen molar-refractivity contribution in [1.29, 1.82) is 0 Å². The summed E-state index contributed by atoms with van der Waals surface area (Å²) in [6.07, 6.45) is 7.93. The summed E-state index contributed by atoms with van der Waals surface area (Å²) in [5.41, 5.74) is 4.56. The standard InChI is InChI=1S/C27H30ClFN6/c1-17(2)35-16-31-24-25(33-27(34-26(24)35)32-21-6-4-3-5-7-21)30-15-18-8-10-19(11-9-18)20-12-13-23(29)22(28)14-20/h8-14,16-17,21H,3-7,15H2,1-2H3,(H2,30,32,33,34). The fourth-order valence-corrected chi connectivity index (χ4v) is 4.77. The highest BCUT2D eigenvalue weighted by Crippen LogP contribution is 2.28. The van der Waals surface area contributed by atoms with Crippen LogP contribution in [0.4, 0.5) is 16.2 Å². The first-order chi connectivity index (χ1) is 17.0. The number of imidazole rings is 1. The molecule has 2 heterocycles. The Morgan fingerprint density at radius 1 is 1.03 bits per heavy atom. The van der Waals surface area contributed by atoms with Crippen molar-refractivity contribution in [2.75, 3.05) is 10.6 Å². The van der Waals surface area contributed by atoms with Gasteiger partial charge in [0.15, 0.2) is 17.0 Å². The first-order valence-corrected chi connectivity index (χ1v) is 12.6.